The van der Waals surface area contributed by atoms with Crippen LogP contribution in [0, 0.1) is 0 Å². The van der Waals surface area contributed by atoms with Crippen LogP contribution in [0.15, 0.2) is 30.5 Å². The Morgan fingerprint density at radius 1 is 1.22 bits per heavy atom. The van der Waals surface area contributed by atoms with Gasteiger partial charge in [0.25, 0.3) is 0 Å². The maximum atomic E-state index is 6.17. The van der Waals surface area contributed by atoms with Gasteiger partial charge in [0.1, 0.15) is 13.0 Å². The number of nitrogens with zero attached hydrogens (tertiary/aromatic N) is 3. The van der Waals surface area contributed by atoms with Crippen LogP contribution in [0.3, 0.4) is 0 Å². The summed E-state index contributed by atoms with van der Waals surface area (Å²) in [6.07, 6.45) is 3.62. The van der Waals surface area contributed by atoms with E-state index in [-0.39, 0.29) is 11.2 Å². The van der Waals surface area contributed by atoms with Crippen LogP contribution in [0.2, 0.25) is 10.3 Å². The Hall–Kier alpha value is -1.45. The summed E-state index contributed by atoms with van der Waals surface area (Å²) in [5.74, 6) is 0.0270. The Labute approximate surface area is 115 Å². The van der Waals surface area contributed by atoms with Crippen molar-refractivity contribution in [1.82, 2.24) is 9.97 Å². The molecule has 0 spiro atoms. The lowest BCUT2D eigenvalue weighted by atomic mass is 9.98. The van der Waals surface area contributed by atoms with Crippen LogP contribution in [-0.4, -0.2) is 27.8 Å². The van der Waals surface area contributed by atoms with Crippen molar-refractivity contribution in [2.75, 3.05) is 7.05 Å². The second-order valence-electron chi connectivity index (χ2n) is 4.17. The van der Waals surface area contributed by atoms with E-state index in [9.17, 15) is 0 Å². The van der Waals surface area contributed by atoms with Crippen LogP contribution >= 0.6 is 23.2 Å². The van der Waals surface area contributed by atoms with Gasteiger partial charge in [0.05, 0.1) is 16.9 Å². The highest BCUT2D eigenvalue weighted by Gasteiger charge is 2.32. The summed E-state index contributed by atoms with van der Waals surface area (Å²) >= 11 is 12.0. The lowest BCUT2D eigenvalue weighted by Crippen LogP contribution is -2.05. The van der Waals surface area contributed by atoms with E-state index < -0.39 is 0 Å². The average molecular weight is 279 g/mol. The summed E-state index contributed by atoms with van der Waals surface area (Å²) in [6.45, 7) is 0. The molecule has 3 nitrogen and oxygen atoms in total. The minimum Gasteiger partial charge on any atom is -0.225 e. The van der Waals surface area contributed by atoms with E-state index in [1.807, 2.05) is 19.2 Å². The largest absolute Gasteiger partial charge is 0.225 e. The van der Waals surface area contributed by atoms with Gasteiger partial charge in [-0.25, -0.2) is 14.5 Å². The zero-order valence-corrected chi connectivity index (χ0v) is 11.2. The normalized spacial score (nSPS) is 17.5. The van der Waals surface area contributed by atoms with Gasteiger partial charge in [-0.15, -0.1) is 0 Å². The summed E-state index contributed by atoms with van der Waals surface area (Å²) < 4.78 is 2.08. The number of hydrogen-bond acceptors (Lipinski definition) is 2. The lowest BCUT2D eigenvalue weighted by Gasteiger charge is -2.07. The minimum atomic E-state index is 0.0270. The fraction of sp³-hybridized carbons (Fsp3) is 0.154. The predicted molar refractivity (Wildman–Crippen MR) is 72.2 cm³/mol. The van der Waals surface area contributed by atoms with E-state index in [4.69, 9.17) is 23.2 Å². The highest BCUT2D eigenvalue weighted by Crippen LogP contribution is 2.36. The molecule has 18 heavy (non-hydrogen) atoms. The third kappa shape index (κ3) is 1.80. The van der Waals surface area contributed by atoms with Gasteiger partial charge in [-0.05, 0) is 11.6 Å². The number of para-hydroxylation sites is 1. The van der Waals surface area contributed by atoms with Gasteiger partial charge >= 0.3 is 0 Å². The molecular weight excluding hydrogens is 269 g/mol. The SMILES string of the molecule is C[N+]1=CC(c2nc(Cl)ncc2Cl)c2ccccc21. The first-order valence-electron chi connectivity index (χ1n) is 5.51. The molecule has 0 amide bonds. The highest BCUT2D eigenvalue weighted by atomic mass is 35.5. The second-order valence-corrected chi connectivity index (χ2v) is 4.91. The van der Waals surface area contributed by atoms with Crippen molar-refractivity contribution >= 4 is 35.1 Å². The molecule has 1 aliphatic rings. The Kier molecular flexibility index (Phi) is 2.80. The molecule has 2 heterocycles. The molecule has 0 bridgehead atoms. The molecule has 1 aromatic heterocycles. The Morgan fingerprint density at radius 3 is 2.83 bits per heavy atom. The molecule has 1 aliphatic heterocycles. The Morgan fingerprint density at radius 2 is 2.00 bits per heavy atom. The predicted octanol–water partition coefficient (Wildman–Crippen LogP) is 3.27. The molecule has 0 N–H and O–H groups in total. The molecule has 1 unspecified atom stereocenters. The summed E-state index contributed by atoms with van der Waals surface area (Å²) in [7, 11) is 2.01. The summed E-state index contributed by atoms with van der Waals surface area (Å²) in [5, 5.41) is 0.751. The van der Waals surface area contributed by atoms with Gasteiger partial charge in [-0.3, -0.25) is 0 Å². The van der Waals surface area contributed by atoms with E-state index >= 15 is 0 Å². The minimum absolute atomic E-state index is 0.0270. The topological polar surface area (TPSA) is 28.8 Å². The van der Waals surface area contributed by atoms with Crippen molar-refractivity contribution in [2.24, 2.45) is 0 Å². The van der Waals surface area contributed by atoms with Gasteiger partial charge in [-0.2, -0.15) is 0 Å². The molecule has 0 saturated carbocycles. The fourth-order valence-corrected chi connectivity index (χ4v) is 2.60. The van der Waals surface area contributed by atoms with Crippen molar-refractivity contribution in [3.05, 3.63) is 52.0 Å². The average Bonchev–Trinajstić information content (AvgIpc) is 2.71. The van der Waals surface area contributed by atoms with Gasteiger partial charge in [0.2, 0.25) is 11.0 Å². The van der Waals surface area contributed by atoms with E-state index in [0.717, 1.165) is 11.4 Å². The van der Waals surface area contributed by atoms with Crippen molar-refractivity contribution in [3.63, 3.8) is 0 Å². The molecule has 1 atom stereocenters. The Bertz CT molecular complexity index is 652. The van der Waals surface area contributed by atoms with Gasteiger partial charge in [0.15, 0.2) is 6.21 Å². The highest BCUT2D eigenvalue weighted by molar-refractivity contribution is 6.32. The molecule has 0 saturated heterocycles. The molecule has 5 heteroatoms. The van der Waals surface area contributed by atoms with Crippen LogP contribution in [0.4, 0.5) is 5.69 Å². The lowest BCUT2D eigenvalue weighted by molar-refractivity contribution is -0.396. The number of fused-ring (bicyclic) bond motifs is 1. The number of hydrogen-bond donors (Lipinski definition) is 0. The van der Waals surface area contributed by atoms with Crippen LogP contribution in [0.25, 0.3) is 0 Å². The van der Waals surface area contributed by atoms with Crippen molar-refractivity contribution in [1.29, 1.82) is 0 Å². The first-order valence-corrected chi connectivity index (χ1v) is 6.27. The third-order valence-corrected chi connectivity index (χ3v) is 3.53. The van der Waals surface area contributed by atoms with Crippen LogP contribution in [-0.2, 0) is 0 Å². The molecule has 3 rings (SSSR count). The monoisotopic (exact) mass is 278 g/mol. The fourth-order valence-electron chi connectivity index (χ4n) is 2.25. The van der Waals surface area contributed by atoms with E-state index in [1.165, 1.54) is 5.56 Å². The molecule has 2 aromatic rings. The second kappa shape index (κ2) is 4.34. The van der Waals surface area contributed by atoms with Gasteiger partial charge in [0, 0.05) is 11.6 Å². The third-order valence-electron chi connectivity index (χ3n) is 3.06. The Balaban J connectivity index is 2.17. The van der Waals surface area contributed by atoms with Crippen molar-refractivity contribution < 1.29 is 4.58 Å². The van der Waals surface area contributed by atoms with Crippen LogP contribution in [0.5, 0.6) is 0 Å². The van der Waals surface area contributed by atoms with Gasteiger partial charge in [-0.1, -0.05) is 29.8 Å². The molecule has 90 valence electrons. The van der Waals surface area contributed by atoms with Crippen molar-refractivity contribution in [2.45, 2.75) is 5.92 Å². The van der Waals surface area contributed by atoms with Gasteiger partial charge < -0.3 is 0 Å². The number of rotatable bonds is 1. The van der Waals surface area contributed by atoms with Crippen molar-refractivity contribution in [3.8, 4) is 0 Å². The molecule has 0 aliphatic carbocycles. The standard InChI is InChI=1S/C13H10Cl2N3/c1-18-7-9(8-4-2-3-5-11(8)18)12-10(14)6-16-13(15)17-12/h2-7,9H,1H3/q+1. The quantitative estimate of drug-likeness (QED) is 0.592. The van der Waals surface area contributed by atoms with E-state index in [1.54, 1.807) is 6.20 Å². The summed E-state index contributed by atoms with van der Waals surface area (Å²) in [6, 6.07) is 8.17. The molecular formula is C13H10Cl2N3+. The van der Waals surface area contributed by atoms with E-state index in [0.29, 0.717) is 5.02 Å². The summed E-state index contributed by atoms with van der Waals surface area (Å²) in [4.78, 5) is 8.13. The zero-order chi connectivity index (χ0) is 12.7. The number of benzene rings is 1. The smallest absolute Gasteiger partial charge is 0.222 e. The number of aromatic nitrogens is 2. The molecule has 0 radical (unpaired) electrons. The van der Waals surface area contributed by atoms with Crippen LogP contribution < -0.4 is 0 Å². The first-order chi connectivity index (χ1) is 8.66. The number of halogens is 2. The zero-order valence-electron chi connectivity index (χ0n) is 9.64. The van der Waals surface area contributed by atoms with E-state index in [2.05, 4.69) is 32.9 Å². The first kappa shape index (κ1) is 11.6. The maximum Gasteiger partial charge on any atom is 0.222 e. The summed E-state index contributed by atoms with van der Waals surface area (Å²) in [5.41, 5.74) is 3.08. The molecule has 0 fully saturated rings. The molecule has 1 aromatic carbocycles. The van der Waals surface area contributed by atoms with Crippen LogP contribution in [0.1, 0.15) is 17.2 Å². The maximum absolute atomic E-state index is 6.17.